The van der Waals surface area contributed by atoms with Crippen LogP contribution >= 0.6 is 0 Å². The lowest BCUT2D eigenvalue weighted by Crippen LogP contribution is -2.35. The quantitative estimate of drug-likeness (QED) is 0.814. The molecule has 0 amide bonds. The van der Waals surface area contributed by atoms with Gasteiger partial charge in [-0.15, -0.1) is 0 Å². The predicted molar refractivity (Wildman–Crippen MR) is 95.0 cm³/mol. The summed E-state index contributed by atoms with van der Waals surface area (Å²) in [5.74, 6) is 1.23. The second-order valence-corrected chi connectivity index (χ2v) is 7.13. The smallest absolute Gasteiger partial charge is 0.0917 e. The summed E-state index contributed by atoms with van der Waals surface area (Å²) in [6.45, 7) is 11.7. The molecule has 0 aliphatic heterocycles. The number of benzene rings is 2. The Hall–Kier alpha value is -1.38. The van der Waals surface area contributed by atoms with Crippen molar-refractivity contribution in [2.24, 2.45) is 11.8 Å². The maximum atomic E-state index is 10.6. The van der Waals surface area contributed by atoms with Gasteiger partial charge in [-0.2, -0.15) is 0 Å². The lowest BCUT2D eigenvalue weighted by molar-refractivity contribution is 0.0988. The molecule has 2 aromatic carbocycles. The average Bonchev–Trinajstić information content (AvgIpc) is 2.45. The number of nitrogens with zero attached hydrogens (tertiary/aromatic N) is 1. The molecule has 0 aliphatic carbocycles. The van der Waals surface area contributed by atoms with Gasteiger partial charge in [0.25, 0.3) is 0 Å². The molecule has 2 heteroatoms. The molecule has 0 saturated heterocycles. The highest BCUT2D eigenvalue weighted by Gasteiger charge is 2.16. The molecule has 0 heterocycles. The SMILES string of the molecule is CC(C)CN(CC(C)C)C[C@@H](O)c1ccc2ccccc2c1. The molecule has 1 N–H and O–H groups in total. The van der Waals surface area contributed by atoms with Gasteiger partial charge >= 0.3 is 0 Å². The lowest BCUT2D eigenvalue weighted by Gasteiger charge is -2.28. The van der Waals surface area contributed by atoms with Crippen molar-refractivity contribution in [3.63, 3.8) is 0 Å². The van der Waals surface area contributed by atoms with Crippen LogP contribution in [0.5, 0.6) is 0 Å². The van der Waals surface area contributed by atoms with Gasteiger partial charge in [0.15, 0.2) is 0 Å². The molecule has 0 aromatic heterocycles. The van der Waals surface area contributed by atoms with Gasteiger partial charge in [-0.3, -0.25) is 4.90 Å². The van der Waals surface area contributed by atoms with Gasteiger partial charge in [0, 0.05) is 19.6 Å². The van der Waals surface area contributed by atoms with Crippen LogP contribution in [0, 0.1) is 11.8 Å². The summed E-state index contributed by atoms with van der Waals surface area (Å²) in [6, 6.07) is 14.6. The molecule has 0 spiro atoms. The number of hydrogen-bond acceptors (Lipinski definition) is 2. The Bertz CT molecular complexity index is 581. The van der Waals surface area contributed by atoms with Crippen molar-refractivity contribution < 1.29 is 5.11 Å². The summed E-state index contributed by atoms with van der Waals surface area (Å²) >= 11 is 0. The fourth-order valence-corrected chi connectivity index (χ4v) is 3.02. The van der Waals surface area contributed by atoms with E-state index in [2.05, 4.69) is 62.9 Å². The van der Waals surface area contributed by atoms with Crippen molar-refractivity contribution in [2.75, 3.05) is 19.6 Å². The van der Waals surface area contributed by atoms with E-state index in [1.165, 1.54) is 10.8 Å². The van der Waals surface area contributed by atoms with E-state index in [4.69, 9.17) is 0 Å². The Balaban J connectivity index is 2.11. The number of fused-ring (bicyclic) bond motifs is 1. The highest BCUT2D eigenvalue weighted by molar-refractivity contribution is 5.83. The summed E-state index contributed by atoms with van der Waals surface area (Å²) in [5.41, 5.74) is 1.01. The van der Waals surface area contributed by atoms with Crippen molar-refractivity contribution in [2.45, 2.75) is 33.8 Å². The molecule has 22 heavy (non-hydrogen) atoms. The molecular weight excluding hydrogens is 270 g/mol. The molecule has 2 rings (SSSR count). The topological polar surface area (TPSA) is 23.5 Å². The fourth-order valence-electron chi connectivity index (χ4n) is 3.02. The van der Waals surface area contributed by atoms with Crippen molar-refractivity contribution in [1.82, 2.24) is 4.90 Å². The maximum absolute atomic E-state index is 10.6. The first-order valence-electron chi connectivity index (χ1n) is 8.35. The van der Waals surface area contributed by atoms with E-state index in [0.717, 1.165) is 18.7 Å². The molecule has 0 radical (unpaired) electrons. The minimum absolute atomic E-state index is 0.429. The first kappa shape index (κ1) is 17.0. The van der Waals surface area contributed by atoms with E-state index in [1.54, 1.807) is 0 Å². The monoisotopic (exact) mass is 299 g/mol. The van der Waals surface area contributed by atoms with Crippen LogP contribution in [0.15, 0.2) is 42.5 Å². The Morgan fingerprint density at radius 3 is 2.00 bits per heavy atom. The van der Waals surface area contributed by atoms with E-state index in [-0.39, 0.29) is 0 Å². The molecule has 0 bridgehead atoms. The van der Waals surface area contributed by atoms with Crippen molar-refractivity contribution in [3.8, 4) is 0 Å². The van der Waals surface area contributed by atoms with E-state index in [0.29, 0.717) is 18.4 Å². The van der Waals surface area contributed by atoms with Gasteiger partial charge in [-0.1, -0.05) is 64.1 Å². The van der Waals surface area contributed by atoms with Crippen LogP contribution in [0.2, 0.25) is 0 Å². The number of aliphatic hydroxyl groups excluding tert-OH is 1. The number of rotatable bonds is 7. The lowest BCUT2D eigenvalue weighted by atomic mass is 10.0. The first-order valence-corrected chi connectivity index (χ1v) is 8.35. The highest BCUT2D eigenvalue weighted by Crippen LogP contribution is 2.21. The van der Waals surface area contributed by atoms with Gasteiger partial charge in [-0.05, 0) is 34.2 Å². The Labute approximate surface area is 134 Å². The molecule has 2 nitrogen and oxygen atoms in total. The van der Waals surface area contributed by atoms with Crippen molar-refractivity contribution in [3.05, 3.63) is 48.0 Å². The van der Waals surface area contributed by atoms with E-state index >= 15 is 0 Å². The second kappa shape index (κ2) is 7.75. The van der Waals surface area contributed by atoms with Crippen LogP contribution in [-0.2, 0) is 0 Å². The maximum Gasteiger partial charge on any atom is 0.0917 e. The minimum atomic E-state index is -0.429. The molecular formula is C20H29NO. The zero-order chi connectivity index (χ0) is 16.1. The van der Waals surface area contributed by atoms with Crippen molar-refractivity contribution in [1.29, 1.82) is 0 Å². The van der Waals surface area contributed by atoms with Gasteiger partial charge in [0.2, 0.25) is 0 Å². The number of aliphatic hydroxyl groups is 1. The molecule has 2 aromatic rings. The molecule has 120 valence electrons. The Morgan fingerprint density at radius 2 is 1.41 bits per heavy atom. The van der Waals surface area contributed by atoms with Crippen LogP contribution in [0.4, 0.5) is 0 Å². The Morgan fingerprint density at radius 1 is 0.818 bits per heavy atom. The summed E-state index contributed by atoms with van der Waals surface area (Å²) < 4.78 is 0. The third kappa shape index (κ3) is 4.82. The van der Waals surface area contributed by atoms with Crippen molar-refractivity contribution >= 4 is 10.8 Å². The van der Waals surface area contributed by atoms with E-state index in [1.807, 2.05) is 12.1 Å². The van der Waals surface area contributed by atoms with E-state index < -0.39 is 6.10 Å². The van der Waals surface area contributed by atoms with Gasteiger partial charge in [-0.25, -0.2) is 0 Å². The Kier molecular flexibility index (Phi) is 5.98. The third-order valence-corrected chi connectivity index (χ3v) is 3.84. The summed E-state index contributed by atoms with van der Waals surface area (Å²) in [5, 5.41) is 13.0. The van der Waals surface area contributed by atoms with Crippen LogP contribution in [-0.4, -0.2) is 29.6 Å². The largest absolute Gasteiger partial charge is 0.387 e. The predicted octanol–water partition coefficient (Wildman–Crippen LogP) is 4.49. The summed E-state index contributed by atoms with van der Waals surface area (Å²) in [6.07, 6.45) is -0.429. The summed E-state index contributed by atoms with van der Waals surface area (Å²) in [4.78, 5) is 2.38. The van der Waals surface area contributed by atoms with Crippen LogP contribution in [0.25, 0.3) is 10.8 Å². The molecule has 0 unspecified atom stereocenters. The standard InChI is InChI=1S/C20H29NO/c1-15(2)12-21(13-16(3)4)14-20(22)19-10-9-17-7-5-6-8-18(17)11-19/h5-11,15-16,20,22H,12-14H2,1-4H3/t20-/m1/s1. The third-order valence-electron chi connectivity index (χ3n) is 3.84. The molecule has 0 fully saturated rings. The number of hydrogen-bond donors (Lipinski definition) is 1. The second-order valence-electron chi connectivity index (χ2n) is 7.13. The van der Waals surface area contributed by atoms with Gasteiger partial charge < -0.3 is 5.11 Å². The molecule has 0 aliphatic rings. The van der Waals surface area contributed by atoms with Crippen LogP contribution in [0.1, 0.15) is 39.4 Å². The normalized spacial score (nSPS) is 13.5. The zero-order valence-corrected chi connectivity index (χ0v) is 14.3. The van der Waals surface area contributed by atoms with Gasteiger partial charge in [0.05, 0.1) is 6.10 Å². The van der Waals surface area contributed by atoms with Crippen LogP contribution < -0.4 is 0 Å². The molecule has 0 saturated carbocycles. The minimum Gasteiger partial charge on any atom is -0.387 e. The van der Waals surface area contributed by atoms with E-state index in [9.17, 15) is 5.11 Å². The summed E-state index contributed by atoms with van der Waals surface area (Å²) in [7, 11) is 0. The molecule has 1 atom stereocenters. The van der Waals surface area contributed by atoms with Crippen LogP contribution in [0.3, 0.4) is 0 Å². The van der Waals surface area contributed by atoms with Gasteiger partial charge in [0.1, 0.15) is 0 Å². The fraction of sp³-hybridized carbons (Fsp3) is 0.500. The zero-order valence-electron chi connectivity index (χ0n) is 14.3. The average molecular weight is 299 g/mol. The highest BCUT2D eigenvalue weighted by atomic mass is 16.3. The first-order chi connectivity index (χ1) is 10.5.